The summed E-state index contributed by atoms with van der Waals surface area (Å²) in [5.74, 6) is 0.579. The summed E-state index contributed by atoms with van der Waals surface area (Å²) >= 11 is 0. The summed E-state index contributed by atoms with van der Waals surface area (Å²) in [6.07, 6.45) is 0. The molecule has 0 atom stereocenters. The van der Waals surface area contributed by atoms with Crippen LogP contribution in [0.4, 0.5) is 0 Å². The van der Waals surface area contributed by atoms with Gasteiger partial charge in [-0.15, -0.1) is 0 Å². The highest BCUT2D eigenvalue weighted by Crippen LogP contribution is 2.14. The molecule has 0 aliphatic rings. The van der Waals surface area contributed by atoms with Crippen LogP contribution in [0, 0.1) is 19.3 Å². The number of nitrogens with one attached hydrogen (secondary N) is 1. The van der Waals surface area contributed by atoms with Crippen LogP contribution in [0.25, 0.3) is 0 Å². The first-order valence-corrected chi connectivity index (χ1v) is 4.36. The van der Waals surface area contributed by atoms with Crippen molar-refractivity contribution >= 4 is 5.84 Å². The van der Waals surface area contributed by atoms with Crippen LogP contribution in [0.5, 0.6) is 0 Å². The molecule has 0 aliphatic carbocycles. The SMILES string of the molecule is Cc1cccc(C)c1C(=N)N(C)C. The molecular weight excluding hydrogens is 160 g/mol. The van der Waals surface area contributed by atoms with Crippen molar-refractivity contribution in [2.75, 3.05) is 14.1 Å². The first-order valence-electron chi connectivity index (χ1n) is 4.36. The molecule has 70 valence electrons. The largest absolute Gasteiger partial charge is 0.363 e. The molecule has 0 saturated carbocycles. The summed E-state index contributed by atoms with van der Waals surface area (Å²) in [7, 11) is 3.79. The summed E-state index contributed by atoms with van der Waals surface area (Å²) in [4.78, 5) is 1.83. The number of hydrogen-bond acceptors (Lipinski definition) is 1. The quantitative estimate of drug-likeness (QED) is 0.515. The van der Waals surface area contributed by atoms with Gasteiger partial charge in [-0.1, -0.05) is 18.2 Å². The molecule has 0 aliphatic heterocycles. The Kier molecular flexibility index (Phi) is 2.71. The number of rotatable bonds is 1. The standard InChI is InChI=1S/C11H16N2/c1-8-6-5-7-9(2)10(8)11(12)13(3)4/h5-7,12H,1-4H3. The van der Waals surface area contributed by atoms with E-state index in [2.05, 4.69) is 0 Å². The van der Waals surface area contributed by atoms with E-state index < -0.39 is 0 Å². The lowest BCUT2D eigenvalue weighted by Crippen LogP contribution is -2.23. The van der Waals surface area contributed by atoms with Gasteiger partial charge in [0.1, 0.15) is 5.84 Å². The van der Waals surface area contributed by atoms with Gasteiger partial charge in [-0.2, -0.15) is 0 Å². The molecule has 0 amide bonds. The zero-order chi connectivity index (χ0) is 10.0. The van der Waals surface area contributed by atoms with Gasteiger partial charge in [0.2, 0.25) is 0 Å². The molecular formula is C11H16N2. The third-order valence-corrected chi connectivity index (χ3v) is 2.17. The molecule has 0 heterocycles. The predicted octanol–water partition coefficient (Wildman–Crippen LogP) is 2.19. The minimum absolute atomic E-state index is 0.579. The third kappa shape index (κ3) is 1.89. The van der Waals surface area contributed by atoms with Gasteiger partial charge in [0.15, 0.2) is 0 Å². The minimum Gasteiger partial charge on any atom is -0.363 e. The van der Waals surface area contributed by atoms with Crippen molar-refractivity contribution in [2.24, 2.45) is 0 Å². The van der Waals surface area contributed by atoms with Crippen molar-refractivity contribution in [3.8, 4) is 0 Å². The van der Waals surface area contributed by atoms with Crippen molar-refractivity contribution in [1.82, 2.24) is 4.90 Å². The van der Waals surface area contributed by atoms with E-state index in [9.17, 15) is 0 Å². The molecule has 0 bridgehead atoms. The Balaban J connectivity index is 3.20. The highest BCUT2D eigenvalue weighted by molar-refractivity contribution is 5.98. The summed E-state index contributed by atoms with van der Waals surface area (Å²) < 4.78 is 0. The monoisotopic (exact) mass is 176 g/mol. The highest BCUT2D eigenvalue weighted by Gasteiger charge is 2.08. The van der Waals surface area contributed by atoms with Crippen molar-refractivity contribution in [3.63, 3.8) is 0 Å². The predicted molar refractivity (Wildman–Crippen MR) is 56.4 cm³/mol. The molecule has 1 aromatic carbocycles. The van der Waals surface area contributed by atoms with Crippen LogP contribution in [0.2, 0.25) is 0 Å². The number of aryl methyl sites for hydroxylation is 2. The Morgan fingerprint density at radius 1 is 1.15 bits per heavy atom. The molecule has 1 N–H and O–H groups in total. The lowest BCUT2D eigenvalue weighted by Gasteiger charge is -2.17. The summed E-state index contributed by atoms with van der Waals surface area (Å²) in [5.41, 5.74) is 3.38. The second-order valence-electron chi connectivity index (χ2n) is 3.51. The van der Waals surface area contributed by atoms with Gasteiger partial charge in [-0.05, 0) is 25.0 Å². The van der Waals surface area contributed by atoms with Gasteiger partial charge in [-0.25, -0.2) is 0 Å². The van der Waals surface area contributed by atoms with E-state index in [4.69, 9.17) is 5.41 Å². The number of amidine groups is 1. The maximum absolute atomic E-state index is 7.89. The van der Waals surface area contributed by atoms with E-state index in [0.717, 1.165) is 5.56 Å². The van der Waals surface area contributed by atoms with Crippen LogP contribution in [-0.2, 0) is 0 Å². The molecule has 0 fully saturated rings. The zero-order valence-corrected chi connectivity index (χ0v) is 8.68. The summed E-state index contributed by atoms with van der Waals surface area (Å²) in [5, 5.41) is 7.89. The molecule has 0 radical (unpaired) electrons. The smallest absolute Gasteiger partial charge is 0.128 e. The van der Waals surface area contributed by atoms with Crippen molar-refractivity contribution in [3.05, 3.63) is 34.9 Å². The first-order chi connectivity index (χ1) is 6.04. The molecule has 2 nitrogen and oxygen atoms in total. The van der Waals surface area contributed by atoms with Gasteiger partial charge >= 0.3 is 0 Å². The van der Waals surface area contributed by atoms with Gasteiger partial charge in [0.05, 0.1) is 0 Å². The van der Waals surface area contributed by atoms with E-state index in [1.54, 1.807) is 0 Å². The average molecular weight is 176 g/mol. The Morgan fingerprint density at radius 3 is 2.00 bits per heavy atom. The van der Waals surface area contributed by atoms with Crippen LogP contribution in [0.3, 0.4) is 0 Å². The molecule has 2 heteroatoms. The Morgan fingerprint density at radius 2 is 1.62 bits per heavy atom. The van der Waals surface area contributed by atoms with Crippen LogP contribution in [0.15, 0.2) is 18.2 Å². The molecule has 1 aromatic rings. The summed E-state index contributed by atoms with van der Waals surface area (Å²) in [6.45, 7) is 4.08. The maximum Gasteiger partial charge on any atom is 0.128 e. The van der Waals surface area contributed by atoms with Crippen molar-refractivity contribution < 1.29 is 0 Å². The lowest BCUT2D eigenvalue weighted by atomic mass is 10.0. The van der Waals surface area contributed by atoms with Gasteiger partial charge in [0, 0.05) is 19.7 Å². The Hall–Kier alpha value is -1.31. The topological polar surface area (TPSA) is 27.1 Å². The first kappa shape index (κ1) is 9.78. The number of benzene rings is 1. The van der Waals surface area contributed by atoms with Crippen molar-refractivity contribution in [2.45, 2.75) is 13.8 Å². The van der Waals surface area contributed by atoms with E-state index in [-0.39, 0.29) is 0 Å². The molecule has 0 aromatic heterocycles. The number of hydrogen-bond donors (Lipinski definition) is 1. The maximum atomic E-state index is 7.89. The number of nitrogens with zero attached hydrogens (tertiary/aromatic N) is 1. The Bertz CT molecular complexity index is 307. The van der Waals surface area contributed by atoms with Gasteiger partial charge in [-0.3, -0.25) is 5.41 Å². The Labute approximate surface area is 79.7 Å². The third-order valence-electron chi connectivity index (χ3n) is 2.17. The van der Waals surface area contributed by atoms with E-state index >= 15 is 0 Å². The van der Waals surface area contributed by atoms with Crippen LogP contribution in [-0.4, -0.2) is 24.8 Å². The van der Waals surface area contributed by atoms with E-state index in [1.165, 1.54) is 11.1 Å². The van der Waals surface area contributed by atoms with Crippen LogP contribution >= 0.6 is 0 Å². The fraction of sp³-hybridized carbons (Fsp3) is 0.364. The highest BCUT2D eigenvalue weighted by atomic mass is 15.1. The zero-order valence-electron chi connectivity index (χ0n) is 8.68. The van der Waals surface area contributed by atoms with Crippen LogP contribution in [0.1, 0.15) is 16.7 Å². The lowest BCUT2D eigenvalue weighted by molar-refractivity contribution is 0.618. The second-order valence-corrected chi connectivity index (χ2v) is 3.51. The molecule has 1 rings (SSSR count). The average Bonchev–Trinajstić information content (AvgIpc) is 2.03. The van der Waals surface area contributed by atoms with Crippen LogP contribution < -0.4 is 0 Å². The van der Waals surface area contributed by atoms with Gasteiger partial charge in [0.25, 0.3) is 0 Å². The molecule has 0 unspecified atom stereocenters. The molecule has 13 heavy (non-hydrogen) atoms. The van der Waals surface area contributed by atoms with Gasteiger partial charge < -0.3 is 4.90 Å². The van der Waals surface area contributed by atoms with E-state index in [0.29, 0.717) is 5.84 Å². The second kappa shape index (κ2) is 3.60. The fourth-order valence-corrected chi connectivity index (χ4v) is 1.41. The fourth-order valence-electron chi connectivity index (χ4n) is 1.41. The van der Waals surface area contributed by atoms with E-state index in [1.807, 2.05) is 51.0 Å². The molecule has 0 saturated heterocycles. The molecule has 0 spiro atoms. The summed E-state index contributed by atoms with van der Waals surface area (Å²) in [6, 6.07) is 6.11. The van der Waals surface area contributed by atoms with Crippen molar-refractivity contribution in [1.29, 1.82) is 5.41 Å². The normalized spacial score (nSPS) is 9.85. The minimum atomic E-state index is 0.579.